The first-order valence-corrected chi connectivity index (χ1v) is 6.65. The molecule has 1 amide bonds. The van der Waals surface area contributed by atoms with E-state index in [9.17, 15) is 9.59 Å². The molecule has 0 atom stereocenters. The lowest BCUT2D eigenvalue weighted by Crippen LogP contribution is -2.18. The molecule has 0 aliphatic heterocycles. The van der Waals surface area contributed by atoms with Crippen molar-refractivity contribution in [3.63, 3.8) is 0 Å². The fraction of sp³-hybridized carbons (Fsp3) is 0.200. The molecular weight excluding hydrogens is 294 g/mol. The number of hydrogen-bond donors (Lipinski definition) is 1. The number of hydrogen-bond acceptors (Lipinski definition) is 4. The van der Waals surface area contributed by atoms with Gasteiger partial charge in [0.15, 0.2) is 0 Å². The van der Waals surface area contributed by atoms with E-state index in [2.05, 4.69) is 5.32 Å². The molecule has 0 bridgehead atoms. The summed E-state index contributed by atoms with van der Waals surface area (Å²) in [4.78, 5) is 22.7. The van der Waals surface area contributed by atoms with Gasteiger partial charge in [0.05, 0.1) is 11.6 Å². The van der Waals surface area contributed by atoms with Crippen molar-refractivity contribution >= 4 is 23.5 Å². The van der Waals surface area contributed by atoms with Gasteiger partial charge in [-0.1, -0.05) is 17.7 Å². The lowest BCUT2D eigenvalue weighted by Gasteiger charge is -2.05. The van der Waals surface area contributed by atoms with Gasteiger partial charge < -0.3 is 14.5 Å². The molecular formula is C15H14ClNO4. The number of benzene rings is 1. The monoisotopic (exact) mass is 307 g/mol. The minimum atomic E-state index is -0.644. The number of furan rings is 1. The van der Waals surface area contributed by atoms with Gasteiger partial charge in [-0.05, 0) is 36.8 Å². The Morgan fingerprint density at radius 1 is 1.29 bits per heavy atom. The van der Waals surface area contributed by atoms with Crippen LogP contribution in [-0.2, 0) is 11.3 Å². The second kappa shape index (κ2) is 6.45. The van der Waals surface area contributed by atoms with Crippen molar-refractivity contribution in [3.05, 3.63) is 52.4 Å². The second-order valence-corrected chi connectivity index (χ2v) is 4.91. The summed E-state index contributed by atoms with van der Waals surface area (Å²) < 4.78 is 10.5. The summed E-state index contributed by atoms with van der Waals surface area (Å²) in [6, 6.07) is 8.20. The van der Waals surface area contributed by atoms with Crippen LogP contribution in [0.3, 0.4) is 0 Å². The van der Waals surface area contributed by atoms with E-state index in [1.807, 2.05) is 6.92 Å². The number of rotatable bonds is 4. The van der Waals surface area contributed by atoms with Gasteiger partial charge in [-0.15, -0.1) is 0 Å². The summed E-state index contributed by atoms with van der Waals surface area (Å²) in [5, 5.41) is 2.93. The van der Waals surface area contributed by atoms with Crippen LogP contribution in [-0.4, -0.2) is 11.9 Å². The van der Waals surface area contributed by atoms with E-state index in [-0.39, 0.29) is 24.0 Å². The molecule has 0 aliphatic rings. The lowest BCUT2D eigenvalue weighted by molar-refractivity contribution is -0.119. The number of halogens is 1. The van der Waals surface area contributed by atoms with Gasteiger partial charge in [-0.25, -0.2) is 4.79 Å². The van der Waals surface area contributed by atoms with Crippen LogP contribution in [0.25, 0.3) is 0 Å². The van der Waals surface area contributed by atoms with Crippen LogP contribution in [0.4, 0.5) is 0 Å². The van der Waals surface area contributed by atoms with Crippen LogP contribution in [0.5, 0.6) is 5.75 Å². The maximum Gasteiger partial charge on any atom is 0.379 e. The number of carbonyl (C=O) groups is 2. The molecule has 0 saturated heterocycles. The van der Waals surface area contributed by atoms with Crippen molar-refractivity contribution < 1.29 is 18.7 Å². The molecule has 21 heavy (non-hydrogen) atoms. The van der Waals surface area contributed by atoms with Crippen molar-refractivity contribution in [2.75, 3.05) is 0 Å². The van der Waals surface area contributed by atoms with Gasteiger partial charge in [0.25, 0.3) is 0 Å². The maximum absolute atomic E-state index is 11.9. The molecule has 2 aromatic rings. The van der Waals surface area contributed by atoms with E-state index in [1.165, 1.54) is 13.0 Å². The molecule has 1 heterocycles. The predicted molar refractivity (Wildman–Crippen MR) is 77.4 cm³/mol. The van der Waals surface area contributed by atoms with Gasteiger partial charge in [0.1, 0.15) is 11.5 Å². The Labute approximate surface area is 126 Å². The Hall–Kier alpha value is -2.27. The van der Waals surface area contributed by atoms with E-state index in [1.54, 1.807) is 24.3 Å². The fourth-order valence-corrected chi connectivity index (χ4v) is 1.91. The number of ether oxygens (including phenoxy) is 1. The zero-order valence-corrected chi connectivity index (χ0v) is 12.4. The third kappa shape index (κ3) is 4.10. The summed E-state index contributed by atoms with van der Waals surface area (Å²) in [5.74, 6) is -0.0389. The first-order valence-electron chi connectivity index (χ1n) is 6.27. The van der Waals surface area contributed by atoms with Crippen LogP contribution in [0.2, 0.25) is 5.02 Å². The van der Waals surface area contributed by atoms with Crippen LogP contribution in [0, 0.1) is 6.92 Å². The smallest absolute Gasteiger partial charge is 0.379 e. The predicted octanol–water partition coefficient (Wildman–Crippen LogP) is 3.10. The highest BCUT2D eigenvalue weighted by Crippen LogP contribution is 2.26. The molecule has 0 unspecified atom stereocenters. The Morgan fingerprint density at radius 2 is 2.05 bits per heavy atom. The highest BCUT2D eigenvalue weighted by Gasteiger charge is 2.15. The quantitative estimate of drug-likeness (QED) is 0.696. The molecule has 6 heteroatoms. The standard InChI is InChI=1S/C15H14ClNO4/c1-9-3-5-13(12(16)7-9)21-15(19)14-6-4-11(20-14)8-17-10(2)18/h3-7H,8H2,1-2H3,(H,17,18). The van der Waals surface area contributed by atoms with Gasteiger partial charge in [0.2, 0.25) is 11.7 Å². The van der Waals surface area contributed by atoms with Crippen LogP contribution >= 0.6 is 11.6 Å². The summed E-state index contributed by atoms with van der Waals surface area (Å²) in [6.07, 6.45) is 0. The van der Waals surface area contributed by atoms with Crippen LogP contribution in [0.1, 0.15) is 28.8 Å². The van der Waals surface area contributed by atoms with Crippen molar-refractivity contribution in [1.29, 1.82) is 0 Å². The maximum atomic E-state index is 11.9. The zero-order chi connectivity index (χ0) is 15.4. The Morgan fingerprint density at radius 3 is 2.71 bits per heavy atom. The molecule has 0 aliphatic carbocycles. The highest BCUT2D eigenvalue weighted by molar-refractivity contribution is 6.32. The molecule has 2 rings (SSSR count). The SMILES string of the molecule is CC(=O)NCc1ccc(C(=O)Oc2ccc(C)cc2Cl)o1. The van der Waals surface area contributed by atoms with Gasteiger partial charge in [0, 0.05) is 6.92 Å². The van der Waals surface area contributed by atoms with E-state index in [4.69, 9.17) is 20.8 Å². The van der Waals surface area contributed by atoms with Crippen molar-refractivity contribution in [1.82, 2.24) is 5.32 Å². The number of carbonyl (C=O) groups excluding carboxylic acids is 2. The van der Waals surface area contributed by atoms with E-state index < -0.39 is 5.97 Å². The highest BCUT2D eigenvalue weighted by atomic mass is 35.5. The summed E-state index contributed by atoms with van der Waals surface area (Å²) in [5.41, 5.74) is 0.968. The van der Waals surface area contributed by atoms with E-state index in [0.29, 0.717) is 10.8 Å². The third-order valence-electron chi connectivity index (χ3n) is 2.66. The summed E-state index contributed by atoms with van der Waals surface area (Å²) >= 11 is 6.00. The third-order valence-corrected chi connectivity index (χ3v) is 2.96. The average molecular weight is 308 g/mol. The lowest BCUT2D eigenvalue weighted by atomic mass is 10.2. The molecule has 0 radical (unpaired) electrons. The molecule has 0 saturated carbocycles. The Balaban J connectivity index is 2.05. The molecule has 1 aromatic carbocycles. The number of esters is 1. The normalized spacial score (nSPS) is 10.2. The number of amides is 1. The molecule has 1 N–H and O–H groups in total. The van der Waals surface area contributed by atoms with Crippen LogP contribution < -0.4 is 10.1 Å². The van der Waals surface area contributed by atoms with E-state index in [0.717, 1.165) is 5.56 Å². The minimum Gasteiger partial charge on any atom is -0.452 e. The first-order chi connectivity index (χ1) is 9.95. The van der Waals surface area contributed by atoms with Crippen molar-refractivity contribution in [2.45, 2.75) is 20.4 Å². The fourth-order valence-electron chi connectivity index (χ4n) is 1.63. The second-order valence-electron chi connectivity index (χ2n) is 4.50. The molecule has 5 nitrogen and oxygen atoms in total. The summed E-state index contributed by atoms with van der Waals surface area (Å²) in [7, 11) is 0. The van der Waals surface area contributed by atoms with Gasteiger partial charge >= 0.3 is 5.97 Å². The Bertz CT molecular complexity index is 678. The molecule has 110 valence electrons. The number of nitrogens with one attached hydrogen (secondary N) is 1. The molecule has 1 aromatic heterocycles. The number of aryl methyl sites for hydroxylation is 1. The average Bonchev–Trinajstić information content (AvgIpc) is 2.88. The minimum absolute atomic E-state index is 0.0481. The van der Waals surface area contributed by atoms with Gasteiger partial charge in [-0.2, -0.15) is 0 Å². The van der Waals surface area contributed by atoms with Gasteiger partial charge in [-0.3, -0.25) is 4.79 Å². The van der Waals surface area contributed by atoms with E-state index >= 15 is 0 Å². The van der Waals surface area contributed by atoms with Crippen molar-refractivity contribution in [2.24, 2.45) is 0 Å². The van der Waals surface area contributed by atoms with Crippen LogP contribution in [0.15, 0.2) is 34.7 Å². The Kier molecular flexibility index (Phi) is 4.65. The summed E-state index contributed by atoms with van der Waals surface area (Å²) in [6.45, 7) is 3.50. The largest absolute Gasteiger partial charge is 0.452 e. The zero-order valence-electron chi connectivity index (χ0n) is 11.6. The first kappa shape index (κ1) is 15.1. The molecule has 0 spiro atoms. The van der Waals surface area contributed by atoms with Crippen molar-refractivity contribution in [3.8, 4) is 5.75 Å². The topological polar surface area (TPSA) is 68.5 Å². The molecule has 0 fully saturated rings.